The Morgan fingerprint density at radius 3 is 2.67 bits per heavy atom. The van der Waals surface area contributed by atoms with E-state index in [1.807, 2.05) is 24.3 Å². The predicted molar refractivity (Wildman–Crippen MR) is 83.5 cm³/mol. The van der Waals surface area contributed by atoms with Gasteiger partial charge in [0.15, 0.2) is 0 Å². The second kappa shape index (κ2) is 5.88. The lowest BCUT2D eigenvalue weighted by atomic mass is 10.2. The van der Waals surface area contributed by atoms with E-state index in [9.17, 15) is 4.79 Å². The number of nitrogens with one attached hydrogen (secondary N) is 1. The van der Waals surface area contributed by atoms with E-state index in [0.717, 1.165) is 10.2 Å². The van der Waals surface area contributed by atoms with Crippen LogP contribution in [0.3, 0.4) is 0 Å². The minimum absolute atomic E-state index is 0.180. The standard InChI is InChI=1S/C15H11BrN4O/c16-12-1-3-13(4-2-12)19-15(21)11-5-6-18-14(9-11)20-8-7-17-10-20/h1-10H,(H,19,21). The van der Waals surface area contributed by atoms with Crippen molar-refractivity contribution in [3.05, 3.63) is 71.4 Å². The van der Waals surface area contributed by atoms with Gasteiger partial charge in [0.1, 0.15) is 12.1 Å². The van der Waals surface area contributed by atoms with Gasteiger partial charge in [0.2, 0.25) is 0 Å². The summed E-state index contributed by atoms with van der Waals surface area (Å²) < 4.78 is 2.71. The average Bonchev–Trinajstić information content (AvgIpc) is 3.04. The molecule has 1 aromatic carbocycles. The van der Waals surface area contributed by atoms with Crippen LogP contribution in [0, 0.1) is 0 Å². The molecule has 1 N–H and O–H groups in total. The normalized spacial score (nSPS) is 10.3. The Morgan fingerprint density at radius 2 is 1.95 bits per heavy atom. The summed E-state index contributed by atoms with van der Waals surface area (Å²) in [6.07, 6.45) is 6.68. The molecule has 0 fully saturated rings. The van der Waals surface area contributed by atoms with E-state index in [0.29, 0.717) is 11.4 Å². The molecule has 0 saturated carbocycles. The van der Waals surface area contributed by atoms with Crippen molar-refractivity contribution >= 4 is 27.5 Å². The first-order chi connectivity index (χ1) is 10.2. The molecule has 0 aliphatic rings. The highest BCUT2D eigenvalue weighted by Gasteiger charge is 2.08. The number of pyridine rings is 1. The van der Waals surface area contributed by atoms with Crippen LogP contribution in [-0.4, -0.2) is 20.4 Å². The summed E-state index contributed by atoms with van der Waals surface area (Å²) in [6, 6.07) is 10.8. The number of nitrogens with zero attached hydrogens (tertiary/aromatic N) is 3. The molecule has 21 heavy (non-hydrogen) atoms. The number of aromatic nitrogens is 3. The zero-order valence-electron chi connectivity index (χ0n) is 10.9. The van der Waals surface area contributed by atoms with Gasteiger partial charge in [-0.1, -0.05) is 15.9 Å². The summed E-state index contributed by atoms with van der Waals surface area (Å²) in [6.45, 7) is 0. The Bertz CT molecular complexity index is 754. The van der Waals surface area contributed by atoms with Gasteiger partial charge in [-0.05, 0) is 36.4 Å². The molecule has 0 aliphatic heterocycles. The van der Waals surface area contributed by atoms with Gasteiger partial charge in [0, 0.05) is 34.3 Å². The van der Waals surface area contributed by atoms with Crippen molar-refractivity contribution in [1.29, 1.82) is 0 Å². The van der Waals surface area contributed by atoms with Gasteiger partial charge in [0.25, 0.3) is 5.91 Å². The Balaban J connectivity index is 1.81. The quantitative estimate of drug-likeness (QED) is 0.794. The van der Waals surface area contributed by atoms with Gasteiger partial charge in [-0.25, -0.2) is 9.97 Å². The monoisotopic (exact) mass is 342 g/mol. The van der Waals surface area contributed by atoms with Gasteiger partial charge in [0.05, 0.1) is 0 Å². The predicted octanol–water partition coefficient (Wildman–Crippen LogP) is 3.28. The summed E-state index contributed by atoms with van der Waals surface area (Å²) in [5.74, 6) is 0.469. The van der Waals surface area contributed by atoms with Crippen molar-refractivity contribution in [3.63, 3.8) is 0 Å². The van der Waals surface area contributed by atoms with E-state index in [1.54, 1.807) is 41.6 Å². The number of anilines is 1. The Hall–Kier alpha value is -2.47. The van der Waals surface area contributed by atoms with E-state index in [4.69, 9.17) is 0 Å². The summed E-state index contributed by atoms with van der Waals surface area (Å²) >= 11 is 3.36. The largest absolute Gasteiger partial charge is 0.322 e. The summed E-state index contributed by atoms with van der Waals surface area (Å²) in [5.41, 5.74) is 1.28. The molecule has 0 saturated heterocycles. The molecule has 0 bridgehead atoms. The number of carbonyl (C=O) groups is 1. The third kappa shape index (κ3) is 3.17. The van der Waals surface area contributed by atoms with Crippen LogP contribution in [0.2, 0.25) is 0 Å². The highest BCUT2D eigenvalue weighted by molar-refractivity contribution is 9.10. The van der Waals surface area contributed by atoms with Crippen LogP contribution >= 0.6 is 15.9 Å². The number of rotatable bonds is 3. The lowest BCUT2D eigenvalue weighted by Gasteiger charge is -2.07. The maximum absolute atomic E-state index is 12.2. The number of halogens is 1. The minimum atomic E-state index is -0.180. The molecule has 0 radical (unpaired) electrons. The molecule has 2 aromatic heterocycles. The number of hydrogen-bond donors (Lipinski definition) is 1. The first-order valence-electron chi connectivity index (χ1n) is 6.24. The smallest absolute Gasteiger partial charge is 0.255 e. The number of imidazole rings is 1. The van der Waals surface area contributed by atoms with Crippen molar-refractivity contribution in [2.24, 2.45) is 0 Å². The molecule has 5 nitrogen and oxygen atoms in total. The molecule has 104 valence electrons. The average molecular weight is 343 g/mol. The molecular formula is C15H11BrN4O. The fourth-order valence-corrected chi connectivity index (χ4v) is 2.10. The fourth-order valence-electron chi connectivity index (χ4n) is 1.83. The third-order valence-corrected chi connectivity index (χ3v) is 3.41. The zero-order valence-corrected chi connectivity index (χ0v) is 12.5. The Labute approximate surface area is 129 Å². The zero-order chi connectivity index (χ0) is 14.7. The van der Waals surface area contributed by atoms with Crippen LogP contribution in [0.4, 0.5) is 5.69 Å². The highest BCUT2D eigenvalue weighted by atomic mass is 79.9. The minimum Gasteiger partial charge on any atom is -0.322 e. The van der Waals surface area contributed by atoms with Crippen LogP contribution in [0.25, 0.3) is 5.82 Å². The molecule has 3 aromatic rings. The Morgan fingerprint density at radius 1 is 1.14 bits per heavy atom. The van der Waals surface area contributed by atoms with Crippen molar-refractivity contribution in [2.75, 3.05) is 5.32 Å². The first-order valence-corrected chi connectivity index (χ1v) is 7.03. The molecule has 0 atom stereocenters. The number of carbonyl (C=O) groups excluding carboxylic acids is 1. The van der Waals surface area contributed by atoms with Crippen LogP contribution < -0.4 is 5.32 Å². The highest BCUT2D eigenvalue weighted by Crippen LogP contribution is 2.15. The topological polar surface area (TPSA) is 59.8 Å². The lowest BCUT2D eigenvalue weighted by Crippen LogP contribution is -2.12. The fraction of sp³-hybridized carbons (Fsp3) is 0. The van der Waals surface area contributed by atoms with Crippen molar-refractivity contribution < 1.29 is 4.79 Å². The van der Waals surface area contributed by atoms with Crippen LogP contribution in [-0.2, 0) is 0 Å². The van der Waals surface area contributed by atoms with E-state index in [1.165, 1.54) is 0 Å². The lowest BCUT2D eigenvalue weighted by molar-refractivity contribution is 0.102. The molecular weight excluding hydrogens is 332 g/mol. The van der Waals surface area contributed by atoms with E-state index >= 15 is 0 Å². The van der Waals surface area contributed by atoms with Crippen LogP contribution in [0.5, 0.6) is 0 Å². The molecule has 3 rings (SSSR count). The van der Waals surface area contributed by atoms with Crippen molar-refractivity contribution in [2.45, 2.75) is 0 Å². The number of benzene rings is 1. The van der Waals surface area contributed by atoms with Crippen LogP contribution in [0.1, 0.15) is 10.4 Å². The second-order valence-electron chi connectivity index (χ2n) is 4.33. The summed E-state index contributed by atoms with van der Waals surface area (Å²) in [4.78, 5) is 20.4. The summed E-state index contributed by atoms with van der Waals surface area (Å²) in [7, 11) is 0. The SMILES string of the molecule is O=C(Nc1ccc(Br)cc1)c1ccnc(-n2ccnc2)c1. The van der Waals surface area contributed by atoms with E-state index in [-0.39, 0.29) is 5.91 Å². The Kier molecular flexibility index (Phi) is 3.79. The molecule has 0 aliphatic carbocycles. The van der Waals surface area contributed by atoms with Gasteiger partial charge in [-0.15, -0.1) is 0 Å². The maximum Gasteiger partial charge on any atom is 0.255 e. The molecule has 2 heterocycles. The van der Waals surface area contributed by atoms with E-state index < -0.39 is 0 Å². The number of amides is 1. The molecule has 6 heteroatoms. The van der Waals surface area contributed by atoms with Crippen LogP contribution in [0.15, 0.2) is 65.8 Å². The molecule has 1 amide bonds. The van der Waals surface area contributed by atoms with Crippen molar-refractivity contribution in [1.82, 2.24) is 14.5 Å². The molecule has 0 spiro atoms. The van der Waals surface area contributed by atoms with E-state index in [2.05, 4.69) is 31.2 Å². The summed E-state index contributed by atoms with van der Waals surface area (Å²) in [5, 5.41) is 2.85. The van der Waals surface area contributed by atoms with Gasteiger partial charge < -0.3 is 5.32 Å². The van der Waals surface area contributed by atoms with Gasteiger partial charge >= 0.3 is 0 Å². The first kappa shape index (κ1) is 13.5. The van der Waals surface area contributed by atoms with Crippen molar-refractivity contribution in [3.8, 4) is 5.82 Å². The third-order valence-electron chi connectivity index (χ3n) is 2.88. The maximum atomic E-state index is 12.2. The molecule has 0 unspecified atom stereocenters. The number of hydrogen-bond acceptors (Lipinski definition) is 3. The second-order valence-corrected chi connectivity index (χ2v) is 5.25. The van der Waals surface area contributed by atoms with Gasteiger partial charge in [-0.3, -0.25) is 9.36 Å². The van der Waals surface area contributed by atoms with Gasteiger partial charge in [-0.2, -0.15) is 0 Å².